The van der Waals surface area contributed by atoms with Crippen molar-refractivity contribution in [2.75, 3.05) is 6.54 Å². The Morgan fingerprint density at radius 1 is 1.21 bits per heavy atom. The average molecular weight is 376 g/mol. The number of halogens is 2. The smallest absolute Gasteiger partial charge is 0.240 e. The van der Waals surface area contributed by atoms with Gasteiger partial charge in [0.2, 0.25) is 5.91 Å². The van der Waals surface area contributed by atoms with Gasteiger partial charge in [-0.05, 0) is 38.2 Å². The third-order valence-corrected chi connectivity index (χ3v) is 5.00. The molecule has 24 heavy (non-hydrogen) atoms. The van der Waals surface area contributed by atoms with E-state index in [0.717, 1.165) is 25.7 Å². The number of carbonyl (C=O) groups is 1. The van der Waals surface area contributed by atoms with Crippen molar-refractivity contribution in [3.05, 3.63) is 35.9 Å². The molecular weight excluding hydrogens is 345 g/mol. The van der Waals surface area contributed by atoms with Crippen LogP contribution in [0.5, 0.6) is 0 Å². The van der Waals surface area contributed by atoms with Gasteiger partial charge in [0.25, 0.3) is 0 Å². The SMILES string of the molecule is CCC(CC)(CNC(=O)C1(N)CC1)NC(C)c1ccccc1.Cl.Cl. The molecule has 1 unspecified atom stereocenters. The lowest BCUT2D eigenvalue weighted by atomic mass is 9.90. The standard InChI is InChI=1S/C18H29N3O.2ClH/c1-4-17(5-2,13-20-16(22)18(19)11-12-18)21-14(3)15-9-7-6-8-10-15;;/h6-10,14,21H,4-5,11-13,19H2,1-3H3,(H,20,22);2*1H. The summed E-state index contributed by atoms with van der Waals surface area (Å²) in [5.74, 6) is -0.00654. The molecule has 0 aromatic heterocycles. The minimum Gasteiger partial charge on any atom is -0.353 e. The van der Waals surface area contributed by atoms with Crippen LogP contribution in [0.25, 0.3) is 0 Å². The van der Waals surface area contributed by atoms with Crippen molar-refractivity contribution in [2.45, 2.75) is 63.6 Å². The Labute approximate surface area is 158 Å². The van der Waals surface area contributed by atoms with Crippen LogP contribution in [0, 0.1) is 0 Å². The summed E-state index contributed by atoms with van der Waals surface area (Å²) in [6.45, 7) is 7.11. The summed E-state index contributed by atoms with van der Waals surface area (Å²) in [6.07, 6.45) is 3.52. The van der Waals surface area contributed by atoms with Crippen LogP contribution in [-0.4, -0.2) is 23.5 Å². The van der Waals surface area contributed by atoms with Crippen LogP contribution in [0.2, 0.25) is 0 Å². The Hall–Kier alpha value is -0.810. The van der Waals surface area contributed by atoms with E-state index in [1.807, 2.05) is 6.07 Å². The van der Waals surface area contributed by atoms with Crippen molar-refractivity contribution in [1.29, 1.82) is 0 Å². The van der Waals surface area contributed by atoms with Crippen LogP contribution in [0.1, 0.15) is 58.1 Å². The van der Waals surface area contributed by atoms with Gasteiger partial charge in [0, 0.05) is 18.1 Å². The Balaban J connectivity index is 0.00000264. The van der Waals surface area contributed by atoms with Gasteiger partial charge in [-0.25, -0.2) is 0 Å². The van der Waals surface area contributed by atoms with Crippen molar-refractivity contribution < 1.29 is 4.79 Å². The molecule has 1 aliphatic rings. The van der Waals surface area contributed by atoms with E-state index in [-0.39, 0.29) is 42.3 Å². The molecule has 1 aliphatic carbocycles. The topological polar surface area (TPSA) is 67.2 Å². The fraction of sp³-hybridized carbons (Fsp3) is 0.611. The molecule has 1 aromatic rings. The molecule has 1 saturated carbocycles. The third kappa shape index (κ3) is 5.62. The predicted octanol–water partition coefficient (Wildman–Crippen LogP) is 3.35. The number of rotatable bonds is 8. The van der Waals surface area contributed by atoms with Gasteiger partial charge in [-0.15, -0.1) is 24.8 Å². The van der Waals surface area contributed by atoms with Gasteiger partial charge >= 0.3 is 0 Å². The number of nitrogens with one attached hydrogen (secondary N) is 2. The summed E-state index contributed by atoms with van der Waals surface area (Å²) in [5.41, 5.74) is 6.52. The molecule has 0 radical (unpaired) electrons. The largest absolute Gasteiger partial charge is 0.353 e. The summed E-state index contributed by atoms with van der Waals surface area (Å²) in [6, 6.07) is 10.6. The molecule has 4 N–H and O–H groups in total. The lowest BCUT2D eigenvalue weighted by Gasteiger charge is -2.36. The van der Waals surface area contributed by atoms with E-state index in [1.165, 1.54) is 5.56 Å². The van der Waals surface area contributed by atoms with E-state index < -0.39 is 5.54 Å². The van der Waals surface area contributed by atoms with E-state index in [2.05, 4.69) is 55.7 Å². The average Bonchev–Trinajstić information content (AvgIpc) is 3.31. The number of hydrogen-bond acceptors (Lipinski definition) is 3. The molecule has 0 saturated heterocycles. The van der Waals surface area contributed by atoms with Crippen molar-refractivity contribution in [3.8, 4) is 0 Å². The zero-order valence-corrected chi connectivity index (χ0v) is 16.4. The first-order valence-electron chi connectivity index (χ1n) is 8.34. The second kappa shape index (κ2) is 9.62. The molecule has 0 heterocycles. The van der Waals surface area contributed by atoms with Gasteiger partial charge in [0.15, 0.2) is 0 Å². The van der Waals surface area contributed by atoms with Gasteiger partial charge in [-0.1, -0.05) is 44.2 Å². The van der Waals surface area contributed by atoms with Crippen LogP contribution in [0.15, 0.2) is 30.3 Å². The zero-order chi connectivity index (χ0) is 16.2. The molecule has 138 valence electrons. The maximum absolute atomic E-state index is 12.1. The minimum absolute atomic E-state index is 0. The van der Waals surface area contributed by atoms with Crippen molar-refractivity contribution in [2.24, 2.45) is 5.73 Å². The zero-order valence-electron chi connectivity index (χ0n) is 14.8. The number of amides is 1. The Morgan fingerprint density at radius 3 is 2.21 bits per heavy atom. The molecule has 2 rings (SSSR count). The molecule has 1 fully saturated rings. The normalized spacial score (nSPS) is 16.3. The maximum Gasteiger partial charge on any atom is 0.240 e. The lowest BCUT2D eigenvalue weighted by molar-refractivity contribution is -0.123. The molecule has 6 heteroatoms. The first-order valence-corrected chi connectivity index (χ1v) is 8.34. The highest BCUT2D eigenvalue weighted by molar-refractivity contribution is 5.89. The van der Waals surface area contributed by atoms with Crippen LogP contribution in [0.4, 0.5) is 0 Å². The first-order chi connectivity index (χ1) is 10.4. The van der Waals surface area contributed by atoms with Crippen LogP contribution in [0.3, 0.4) is 0 Å². The fourth-order valence-corrected chi connectivity index (χ4v) is 2.83. The number of benzene rings is 1. The second-order valence-electron chi connectivity index (χ2n) is 6.60. The monoisotopic (exact) mass is 375 g/mol. The van der Waals surface area contributed by atoms with Crippen LogP contribution >= 0.6 is 24.8 Å². The molecule has 0 bridgehead atoms. The van der Waals surface area contributed by atoms with Crippen molar-refractivity contribution in [3.63, 3.8) is 0 Å². The summed E-state index contributed by atoms with van der Waals surface area (Å²) >= 11 is 0. The van der Waals surface area contributed by atoms with Gasteiger partial charge in [0.1, 0.15) is 0 Å². The Kier molecular flexibility index (Phi) is 9.29. The molecule has 0 aliphatic heterocycles. The summed E-state index contributed by atoms with van der Waals surface area (Å²) in [7, 11) is 0. The Morgan fingerprint density at radius 2 is 1.75 bits per heavy atom. The quantitative estimate of drug-likeness (QED) is 0.652. The van der Waals surface area contributed by atoms with Crippen molar-refractivity contribution >= 4 is 30.7 Å². The molecule has 4 nitrogen and oxygen atoms in total. The molecule has 1 atom stereocenters. The second-order valence-corrected chi connectivity index (χ2v) is 6.60. The Bertz CT molecular complexity index is 502. The maximum atomic E-state index is 12.1. The highest BCUT2D eigenvalue weighted by Crippen LogP contribution is 2.32. The van der Waals surface area contributed by atoms with E-state index in [4.69, 9.17) is 5.73 Å². The van der Waals surface area contributed by atoms with Crippen LogP contribution < -0.4 is 16.4 Å². The van der Waals surface area contributed by atoms with Gasteiger partial charge in [-0.2, -0.15) is 0 Å². The van der Waals surface area contributed by atoms with E-state index in [9.17, 15) is 4.79 Å². The van der Waals surface area contributed by atoms with Crippen LogP contribution in [-0.2, 0) is 4.79 Å². The van der Waals surface area contributed by atoms with E-state index in [1.54, 1.807) is 0 Å². The molecule has 1 aromatic carbocycles. The molecular formula is C18H31Cl2N3O. The predicted molar refractivity (Wildman–Crippen MR) is 105 cm³/mol. The summed E-state index contributed by atoms with van der Waals surface area (Å²) in [4.78, 5) is 12.1. The van der Waals surface area contributed by atoms with Gasteiger partial charge in [0.05, 0.1) is 5.54 Å². The summed E-state index contributed by atoms with van der Waals surface area (Å²) < 4.78 is 0. The molecule has 0 spiro atoms. The van der Waals surface area contributed by atoms with E-state index >= 15 is 0 Å². The number of nitrogens with two attached hydrogens (primary N) is 1. The van der Waals surface area contributed by atoms with Gasteiger partial charge < -0.3 is 16.4 Å². The first kappa shape index (κ1) is 23.2. The van der Waals surface area contributed by atoms with Gasteiger partial charge in [-0.3, -0.25) is 4.79 Å². The highest BCUT2D eigenvalue weighted by Gasteiger charge is 2.46. The van der Waals surface area contributed by atoms with Crippen molar-refractivity contribution in [1.82, 2.24) is 10.6 Å². The highest BCUT2D eigenvalue weighted by atomic mass is 35.5. The lowest BCUT2D eigenvalue weighted by Crippen LogP contribution is -2.56. The van der Waals surface area contributed by atoms with E-state index in [0.29, 0.717) is 6.54 Å². The number of hydrogen-bond donors (Lipinski definition) is 3. The third-order valence-electron chi connectivity index (χ3n) is 5.00. The number of carbonyl (C=O) groups excluding carboxylic acids is 1. The minimum atomic E-state index is -0.599. The summed E-state index contributed by atoms with van der Waals surface area (Å²) in [5, 5.41) is 6.78. The molecule has 1 amide bonds. The fourth-order valence-electron chi connectivity index (χ4n) is 2.83.